The number of benzene rings is 1. The van der Waals surface area contributed by atoms with Gasteiger partial charge in [0.1, 0.15) is 18.1 Å². The molecule has 0 heterocycles. The van der Waals surface area contributed by atoms with Crippen molar-refractivity contribution in [3.05, 3.63) is 29.8 Å². The minimum atomic E-state index is -0.667. The van der Waals surface area contributed by atoms with Crippen molar-refractivity contribution in [3.63, 3.8) is 0 Å². The Morgan fingerprint density at radius 2 is 1.90 bits per heavy atom. The summed E-state index contributed by atoms with van der Waals surface area (Å²) in [5.74, 6) is 1.71. The standard InChI is InChI=1S/C18H26O3/c1-14-9-11-18(20,12-10-14)13-21-17-7-5-16(6-8-17)4-3-15(2)19/h5-8,14,20H,3-4,9-13H2,1-2H3. The molecule has 0 spiro atoms. The summed E-state index contributed by atoms with van der Waals surface area (Å²) in [6, 6.07) is 7.82. The molecule has 1 saturated carbocycles. The predicted octanol–water partition coefficient (Wildman–Crippen LogP) is 3.53. The van der Waals surface area contributed by atoms with E-state index in [4.69, 9.17) is 4.74 Å². The zero-order valence-corrected chi connectivity index (χ0v) is 13.1. The number of carbonyl (C=O) groups excluding carboxylic acids is 1. The maximum Gasteiger partial charge on any atom is 0.130 e. The van der Waals surface area contributed by atoms with Gasteiger partial charge in [-0.1, -0.05) is 19.1 Å². The van der Waals surface area contributed by atoms with Gasteiger partial charge in [0.15, 0.2) is 0 Å². The Bertz CT molecular complexity index is 456. The molecule has 1 N–H and O–H groups in total. The molecule has 1 aliphatic carbocycles. The van der Waals surface area contributed by atoms with Gasteiger partial charge in [0.25, 0.3) is 0 Å². The number of hydrogen-bond acceptors (Lipinski definition) is 3. The van der Waals surface area contributed by atoms with Crippen LogP contribution in [0.5, 0.6) is 5.75 Å². The zero-order chi connectivity index (χ0) is 15.3. The third kappa shape index (κ3) is 5.16. The molecule has 1 aliphatic rings. The smallest absolute Gasteiger partial charge is 0.130 e. The van der Waals surface area contributed by atoms with Crippen molar-refractivity contribution in [2.75, 3.05) is 6.61 Å². The van der Waals surface area contributed by atoms with Crippen molar-refractivity contribution in [1.29, 1.82) is 0 Å². The summed E-state index contributed by atoms with van der Waals surface area (Å²) >= 11 is 0. The molecule has 0 bridgehead atoms. The third-order valence-electron chi connectivity index (χ3n) is 4.40. The van der Waals surface area contributed by atoms with Crippen LogP contribution in [0, 0.1) is 5.92 Å². The van der Waals surface area contributed by atoms with Crippen LogP contribution in [0.1, 0.15) is 51.5 Å². The molecule has 1 fully saturated rings. The highest BCUT2D eigenvalue weighted by molar-refractivity contribution is 5.75. The molecule has 0 unspecified atom stereocenters. The first-order chi connectivity index (χ1) is 9.97. The van der Waals surface area contributed by atoms with Crippen molar-refractivity contribution in [2.24, 2.45) is 5.92 Å². The highest BCUT2D eigenvalue weighted by Crippen LogP contribution is 2.32. The van der Waals surface area contributed by atoms with E-state index in [0.717, 1.165) is 43.4 Å². The Labute approximate surface area is 127 Å². The van der Waals surface area contributed by atoms with Gasteiger partial charge in [-0.05, 0) is 62.6 Å². The van der Waals surface area contributed by atoms with E-state index in [1.165, 1.54) is 0 Å². The van der Waals surface area contributed by atoms with Crippen LogP contribution in [0.4, 0.5) is 0 Å². The zero-order valence-electron chi connectivity index (χ0n) is 13.1. The van der Waals surface area contributed by atoms with Crippen LogP contribution in [0.15, 0.2) is 24.3 Å². The molecule has 1 aromatic carbocycles. The monoisotopic (exact) mass is 290 g/mol. The second kappa shape index (κ2) is 7.08. The number of carbonyl (C=O) groups is 1. The summed E-state index contributed by atoms with van der Waals surface area (Å²) in [6.07, 6.45) is 5.15. The van der Waals surface area contributed by atoms with Crippen molar-refractivity contribution >= 4 is 5.78 Å². The van der Waals surface area contributed by atoms with Crippen molar-refractivity contribution in [2.45, 2.75) is 58.0 Å². The van der Waals surface area contributed by atoms with Crippen LogP contribution in [0.25, 0.3) is 0 Å². The van der Waals surface area contributed by atoms with Gasteiger partial charge >= 0.3 is 0 Å². The molecule has 0 aliphatic heterocycles. The minimum absolute atomic E-state index is 0.212. The number of ketones is 1. The first-order valence-electron chi connectivity index (χ1n) is 7.90. The summed E-state index contributed by atoms with van der Waals surface area (Å²) in [5.41, 5.74) is 0.475. The summed E-state index contributed by atoms with van der Waals surface area (Å²) in [7, 11) is 0. The number of aliphatic hydroxyl groups is 1. The quantitative estimate of drug-likeness (QED) is 0.872. The molecule has 1 aromatic rings. The van der Waals surface area contributed by atoms with Gasteiger partial charge in [-0.3, -0.25) is 0 Å². The Kier molecular flexibility index (Phi) is 5.40. The summed E-state index contributed by atoms with van der Waals surface area (Å²) in [4.78, 5) is 11.0. The number of Topliss-reactive ketones (excluding diaryl/α,β-unsaturated/α-hetero) is 1. The molecule has 0 amide bonds. The molecular weight excluding hydrogens is 264 g/mol. The summed E-state index contributed by atoms with van der Waals surface area (Å²) < 4.78 is 5.75. The molecule has 0 radical (unpaired) electrons. The fraction of sp³-hybridized carbons (Fsp3) is 0.611. The largest absolute Gasteiger partial charge is 0.491 e. The number of hydrogen-bond donors (Lipinski definition) is 1. The Hall–Kier alpha value is -1.35. The third-order valence-corrected chi connectivity index (χ3v) is 4.40. The van der Waals surface area contributed by atoms with Crippen LogP contribution in [0.3, 0.4) is 0 Å². The van der Waals surface area contributed by atoms with E-state index in [2.05, 4.69) is 6.92 Å². The van der Waals surface area contributed by atoms with Gasteiger partial charge in [-0.25, -0.2) is 0 Å². The lowest BCUT2D eigenvalue weighted by Gasteiger charge is -2.34. The van der Waals surface area contributed by atoms with Gasteiger partial charge in [-0.2, -0.15) is 0 Å². The van der Waals surface area contributed by atoms with Crippen molar-refractivity contribution in [3.8, 4) is 5.75 Å². The first kappa shape index (κ1) is 16.0. The van der Waals surface area contributed by atoms with Gasteiger partial charge in [0.2, 0.25) is 0 Å². The Morgan fingerprint density at radius 1 is 1.29 bits per heavy atom. The lowest BCUT2D eigenvalue weighted by Crippen LogP contribution is -2.39. The number of aryl methyl sites for hydroxylation is 1. The summed E-state index contributed by atoms with van der Waals surface area (Å²) in [5, 5.41) is 10.5. The van der Waals surface area contributed by atoms with E-state index in [9.17, 15) is 9.90 Å². The molecular formula is C18H26O3. The van der Waals surface area contributed by atoms with Crippen LogP contribution in [-0.2, 0) is 11.2 Å². The van der Waals surface area contributed by atoms with Crippen LogP contribution < -0.4 is 4.74 Å². The van der Waals surface area contributed by atoms with Crippen molar-refractivity contribution in [1.82, 2.24) is 0 Å². The predicted molar refractivity (Wildman–Crippen MR) is 83.5 cm³/mol. The topological polar surface area (TPSA) is 46.5 Å². The van der Waals surface area contributed by atoms with E-state index in [0.29, 0.717) is 18.9 Å². The van der Waals surface area contributed by atoms with E-state index in [1.807, 2.05) is 24.3 Å². The second-order valence-corrected chi connectivity index (χ2v) is 6.54. The number of rotatable bonds is 6. The van der Waals surface area contributed by atoms with E-state index in [-0.39, 0.29) is 5.78 Å². The molecule has 116 valence electrons. The fourth-order valence-electron chi connectivity index (χ4n) is 2.73. The minimum Gasteiger partial charge on any atom is -0.491 e. The lowest BCUT2D eigenvalue weighted by atomic mass is 9.80. The average molecular weight is 290 g/mol. The molecule has 3 heteroatoms. The molecule has 3 nitrogen and oxygen atoms in total. The van der Waals surface area contributed by atoms with Gasteiger partial charge in [-0.15, -0.1) is 0 Å². The normalized spacial score (nSPS) is 25.6. The van der Waals surface area contributed by atoms with Crippen LogP contribution >= 0.6 is 0 Å². The summed E-state index contributed by atoms with van der Waals surface area (Å²) in [6.45, 7) is 4.22. The van der Waals surface area contributed by atoms with Crippen LogP contribution in [-0.4, -0.2) is 23.1 Å². The van der Waals surface area contributed by atoms with E-state index < -0.39 is 5.60 Å². The molecule has 21 heavy (non-hydrogen) atoms. The van der Waals surface area contributed by atoms with E-state index >= 15 is 0 Å². The Balaban J connectivity index is 1.82. The molecule has 0 aromatic heterocycles. The van der Waals surface area contributed by atoms with Crippen LogP contribution in [0.2, 0.25) is 0 Å². The van der Waals surface area contributed by atoms with Gasteiger partial charge in [0.05, 0.1) is 5.60 Å². The average Bonchev–Trinajstić information content (AvgIpc) is 2.48. The second-order valence-electron chi connectivity index (χ2n) is 6.54. The maximum absolute atomic E-state index is 11.0. The highest BCUT2D eigenvalue weighted by atomic mass is 16.5. The molecule has 0 atom stereocenters. The van der Waals surface area contributed by atoms with Crippen molar-refractivity contribution < 1.29 is 14.6 Å². The lowest BCUT2D eigenvalue weighted by molar-refractivity contribution is -0.116. The molecule has 2 rings (SSSR count). The van der Waals surface area contributed by atoms with Gasteiger partial charge in [0, 0.05) is 6.42 Å². The van der Waals surface area contributed by atoms with E-state index in [1.54, 1.807) is 6.92 Å². The highest BCUT2D eigenvalue weighted by Gasteiger charge is 2.32. The molecule has 0 saturated heterocycles. The SMILES string of the molecule is CC(=O)CCc1ccc(OCC2(O)CCC(C)CC2)cc1. The maximum atomic E-state index is 11.0. The Morgan fingerprint density at radius 3 is 2.48 bits per heavy atom. The van der Waals surface area contributed by atoms with Gasteiger partial charge < -0.3 is 14.6 Å². The fourth-order valence-corrected chi connectivity index (χ4v) is 2.73. The first-order valence-corrected chi connectivity index (χ1v) is 7.90. The number of ether oxygens (including phenoxy) is 1.